The molecule has 0 bridgehead atoms. The highest BCUT2D eigenvalue weighted by Gasteiger charge is 2.28. The Hall–Kier alpha value is -6.07. The molecule has 62 heavy (non-hydrogen) atoms. The van der Waals surface area contributed by atoms with E-state index in [0.717, 1.165) is 44.3 Å². The third kappa shape index (κ3) is 5.83. The van der Waals surface area contributed by atoms with Gasteiger partial charge in [0.2, 0.25) is 0 Å². The van der Waals surface area contributed by atoms with Gasteiger partial charge in [0, 0.05) is 33.1 Å². The summed E-state index contributed by atoms with van der Waals surface area (Å²) in [5.41, 5.74) is 26.9. The number of furan rings is 1. The van der Waals surface area contributed by atoms with Crippen LogP contribution in [-0.2, 0) is 0 Å². The molecule has 7 aromatic carbocycles. The third-order valence-corrected chi connectivity index (χ3v) is 14.6. The molecule has 3 aromatic heterocycles. The quantitative estimate of drug-likeness (QED) is 0.163. The summed E-state index contributed by atoms with van der Waals surface area (Å²) in [5.74, 6) is 1.86. The molecule has 5 nitrogen and oxygen atoms in total. The van der Waals surface area contributed by atoms with Crippen molar-refractivity contribution >= 4 is 203 Å². The van der Waals surface area contributed by atoms with Crippen molar-refractivity contribution in [2.45, 2.75) is 0 Å². The molecule has 0 radical (unpaired) electrons. The zero-order valence-corrected chi connectivity index (χ0v) is 37.9. The minimum absolute atomic E-state index is 0.598. The molecular formula is C45H40B12N4O. The Balaban J connectivity index is 1.28. The Labute approximate surface area is 373 Å². The largest absolute Gasteiger partial charge is 0.456 e. The molecule has 10 rings (SSSR count). The van der Waals surface area contributed by atoms with Crippen LogP contribution in [-0.4, -0.2) is 114 Å². The van der Waals surface area contributed by atoms with Gasteiger partial charge in [0.25, 0.3) is 0 Å². The van der Waals surface area contributed by atoms with Gasteiger partial charge >= 0.3 is 0 Å². The lowest BCUT2D eigenvalue weighted by Gasteiger charge is -2.25. The fourth-order valence-electron chi connectivity index (χ4n) is 10.3. The van der Waals surface area contributed by atoms with Crippen molar-refractivity contribution in [2.75, 3.05) is 0 Å². The Bertz CT molecular complexity index is 3470. The van der Waals surface area contributed by atoms with E-state index >= 15 is 0 Å². The van der Waals surface area contributed by atoms with Crippen LogP contribution >= 0.6 is 0 Å². The van der Waals surface area contributed by atoms with Crippen LogP contribution in [0.25, 0.3) is 94.7 Å². The van der Waals surface area contributed by atoms with E-state index in [2.05, 4.69) is 135 Å². The normalized spacial score (nSPS) is 11.7. The molecule has 0 aliphatic heterocycles. The van der Waals surface area contributed by atoms with Crippen molar-refractivity contribution in [1.82, 2.24) is 19.5 Å². The highest BCUT2D eigenvalue weighted by Crippen LogP contribution is 2.39. The number of rotatable bonds is 5. The van der Waals surface area contributed by atoms with Gasteiger partial charge in [-0.3, -0.25) is 0 Å². The number of hydrogen-bond acceptors (Lipinski definition) is 4. The van der Waals surface area contributed by atoms with Crippen molar-refractivity contribution in [3.63, 3.8) is 0 Å². The van der Waals surface area contributed by atoms with Gasteiger partial charge in [0.1, 0.15) is 105 Å². The Kier molecular flexibility index (Phi) is 9.55. The van der Waals surface area contributed by atoms with Crippen LogP contribution in [0.1, 0.15) is 0 Å². The summed E-state index contributed by atoms with van der Waals surface area (Å²) in [5, 5.41) is 4.81. The molecule has 0 aliphatic carbocycles. The molecule has 0 saturated heterocycles. The first-order valence-corrected chi connectivity index (χ1v) is 21.7. The second kappa shape index (κ2) is 14.8. The van der Waals surface area contributed by atoms with E-state index in [1.54, 1.807) is 0 Å². The highest BCUT2D eigenvalue weighted by atomic mass is 16.3. The second-order valence-corrected chi connectivity index (χ2v) is 17.5. The average molecular weight is 783 g/mol. The lowest BCUT2D eigenvalue weighted by molar-refractivity contribution is 0.669. The fourth-order valence-corrected chi connectivity index (χ4v) is 10.3. The van der Waals surface area contributed by atoms with E-state index in [-0.39, 0.29) is 0 Å². The van der Waals surface area contributed by atoms with Crippen LogP contribution in [0, 0.1) is 0 Å². The molecule has 0 N–H and O–H groups in total. The topological polar surface area (TPSA) is 56.7 Å². The Morgan fingerprint density at radius 1 is 0.355 bits per heavy atom. The van der Waals surface area contributed by atoms with E-state index in [9.17, 15) is 0 Å². The number of nitrogens with zero attached hydrogens (tertiary/aromatic N) is 4. The summed E-state index contributed by atoms with van der Waals surface area (Å²) >= 11 is 0. The molecule has 0 unspecified atom stereocenters. The van der Waals surface area contributed by atoms with Gasteiger partial charge in [-0.1, -0.05) is 116 Å². The zero-order chi connectivity index (χ0) is 43.5. The predicted molar refractivity (Wildman–Crippen MR) is 301 cm³/mol. The number of aromatic nitrogens is 4. The van der Waals surface area contributed by atoms with Gasteiger partial charge in [0.15, 0.2) is 17.5 Å². The Morgan fingerprint density at radius 3 is 1.39 bits per heavy atom. The third-order valence-electron chi connectivity index (χ3n) is 14.6. The maximum absolute atomic E-state index is 6.85. The van der Waals surface area contributed by atoms with E-state index in [0.29, 0.717) is 17.5 Å². The first-order valence-electron chi connectivity index (χ1n) is 21.7. The predicted octanol–water partition coefficient (Wildman–Crippen LogP) is -9.36. The molecular weight excluding hydrogens is 742 g/mol. The molecule has 282 valence electrons. The number of benzene rings is 7. The van der Waals surface area contributed by atoms with Gasteiger partial charge in [-0.15, -0.1) is 21.9 Å². The van der Waals surface area contributed by atoms with Crippen LogP contribution in [0.3, 0.4) is 0 Å². The Morgan fingerprint density at radius 2 is 0.806 bits per heavy atom. The van der Waals surface area contributed by atoms with Crippen molar-refractivity contribution in [2.24, 2.45) is 0 Å². The van der Waals surface area contributed by atoms with Gasteiger partial charge in [0.05, 0.1) is 11.1 Å². The molecule has 10 aromatic rings. The zero-order valence-electron chi connectivity index (χ0n) is 37.9. The van der Waals surface area contributed by atoms with Gasteiger partial charge in [-0.2, -0.15) is 0 Å². The van der Waals surface area contributed by atoms with E-state index in [1.165, 1.54) is 98.5 Å². The molecule has 17 heteroatoms. The first kappa shape index (κ1) is 40.0. The molecule has 0 atom stereocenters. The van der Waals surface area contributed by atoms with Crippen molar-refractivity contribution in [3.05, 3.63) is 97.1 Å². The summed E-state index contributed by atoms with van der Waals surface area (Å²) in [6.45, 7) is 0. The minimum atomic E-state index is 0.598. The lowest BCUT2D eigenvalue weighted by atomic mass is 9.57. The summed E-state index contributed by atoms with van der Waals surface area (Å²) in [6.07, 6.45) is 0. The first-order chi connectivity index (χ1) is 29.8. The summed E-state index contributed by atoms with van der Waals surface area (Å²) in [4.78, 5) is 15.0. The molecule has 0 amide bonds. The molecule has 0 fully saturated rings. The van der Waals surface area contributed by atoms with Crippen LogP contribution in [0.5, 0.6) is 0 Å². The molecule has 3 heterocycles. The maximum atomic E-state index is 6.85. The van der Waals surface area contributed by atoms with Gasteiger partial charge in [-0.05, 0) is 46.2 Å². The van der Waals surface area contributed by atoms with E-state index in [1.807, 2.05) is 60.7 Å². The summed E-state index contributed by atoms with van der Waals surface area (Å²) in [6, 6.07) is 33.2. The van der Waals surface area contributed by atoms with E-state index in [4.69, 9.17) is 19.4 Å². The highest BCUT2D eigenvalue weighted by molar-refractivity contribution is 6.72. The lowest BCUT2D eigenvalue weighted by Crippen LogP contribution is -2.56. The maximum Gasteiger partial charge on any atom is 0.164 e. The van der Waals surface area contributed by atoms with Crippen molar-refractivity contribution in [3.8, 4) is 51.0 Å². The SMILES string of the molecule is Bc1c(B)c(B)c(-c2c(B)c(B)c3c4c(B)c(B)c(B)c(B)c4n(-c4cccc5oc6cc(-c7nc(-c8ccccc8)nc(-c8ccccc8)n7)ccc6c45)c3c2B)c(B)c1B. The minimum Gasteiger partial charge on any atom is -0.456 e. The van der Waals surface area contributed by atoms with Crippen LogP contribution in [0.2, 0.25) is 0 Å². The smallest absolute Gasteiger partial charge is 0.164 e. The fraction of sp³-hybridized carbons (Fsp3) is 0. The summed E-state index contributed by atoms with van der Waals surface area (Å²) in [7, 11) is 27.7. The molecule has 0 aliphatic rings. The monoisotopic (exact) mass is 784 g/mol. The van der Waals surface area contributed by atoms with Gasteiger partial charge in [-0.25, -0.2) is 15.0 Å². The van der Waals surface area contributed by atoms with E-state index < -0.39 is 0 Å². The standard InChI is InChI=1S/C45H40B12N4O/c46-29-26(25-30(47)35(52)38(55)36(53)31(25)48)34(51)41-27(32(29)49)28-33(50)37(54)39(56)40(57)42(28)61(41)21-12-7-13-22-24(21)20-15-14-19(16-23(20)62-22)45-59-43(17-8-3-1-4-9-17)58-44(60-45)18-10-5-2-6-11-18/h1-16H,46-57H2. The van der Waals surface area contributed by atoms with Crippen LogP contribution in [0.15, 0.2) is 101 Å². The van der Waals surface area contributed by atoms with Crippen LogP contribution in [0.4, 0.5) is 0 Å². The van der Waals surface area contributed by atoms with Crippen LogP contribution < -0.4 is 65.6 Å². The van der Waals surface area contributed by atoms with Crippen molar-refractivity contribution < 1.29 is 4.42 Å². The number of hydrogen-bond donors (Lipinski definition) is 0. The molecule has 0 spiro atoms. The molecule has 0 saturated carbocycles. The van der Waals surface area contributed by atoms with Gasteiger partial charge < -0.3 is 8.98 Å². The second-order valence-electron chi connectivity index (χ2n) is 17.5. The number of fused-ring (bicyclic) bond motifs is 6. The average Bonchev–Trinajstić information content (AvgIpc) is 3.86. The summed E-state index contributed by atoms with van der Waals surface area (Å²) < 4.78 is 9.44. The van der Waals surface area contributed by atoms with Crippen molar-refractivity contribution in [1.29, 1.82) is 0 Å².